The van der Waals surface area contributed by atoms with Crippen molar-refractivity contribution in [3.05, 3.63) is 59.2 Å². The summed E-state index contributed by atoms with van der Waals surface area (Å²) in [4.78, 5) is 12.5. The summed E-state index contributed by atoms with van der Waals surface area (Å²) in [6, 6.07) is 16.1. The number of benzene rings is 2. The third-order valence-electron chi connectivity index (χ3n) is 4.98. The second-order valence-corrected chi connectivity index (χ2v) is 7.60. The van der Waals surface area contributed by atoms with Crippen LogP contribution in [0.2, 0.25) is 5.15 Å². The normalized spacial score (nSPS) is 14.8. The van der Waals surface area contributed by atoms with Gasteiger partial charge in [0.05, 0.1) is 16.0 Å². The Bertz CT molecular complexity index is 960. The van der Waals surface area contributed by atoms with Gasteiger partial charge in [-0.3, -0.25) is 4.79 Å². The molecule has 1 saturated carbocycles. The van der Waals surface area contributed by atoms with Gasteiger partial charge in [0.2, 0.25) is 0 Å². The number of halogens is 1. The average Bonchev–Trinajstić information content (AvgIpc) is 3.40. The number of carboxylic acids is 1. The summed E-state index contributed by atoms with van der Waals surface area (Å²) in [6.45, 7) is 0. The minimum Gasteiger partial charge on any atom is -0.481 e. The molecule has 1 aliphatic carbocycles. The van der Waals surface area contributed by atoms with E-state index in [1.165, 1.54) is 11.5 Å². The largest absolute Gasteiger partial charge is 0.481 e. The van der Waals surface area contributed by atoms with E-state index in [0.29, 0.717) is 5.15 Å². The lowest BCUT2D eigenvalue weighted by molar-refractivity contribution is -0.140. The molecular weight excluding hydrogens is 368 g/mol. The van der Waals surface area contributed by atoms with Gasteiger partial charge in [-0.15, -0.1) is 0 Å². The van der Waals surface area contributed by atoms with E-state index < -0.39 is 11.4 Å². The molecule has 0 atom stereocenters. The van der Waals surface area contributed by atoms with Crippen molar-refractivity contribution in [3.8, 4) is 21.6 Å². The Morgan fingerprint density at radius 1 is 1.08 bits per heavy atom. The van der Waals surface area contributed by atoms with E-state index >= 15 is 0 Å². The van der Waals surface area contributed by atoms with E-state index in [4.69, 9.17) is 11.6 Å². The molecule has 2 N–H and O–H groups in total. The molecule has 2 aromatic carbocycles. The van der Waals surface area contributed by atoms with Gasteiger partial charge in [0.15, 0.2) is 5.15 Å². The van der Waals surface area contributed by atoms with Gasteiger partial charge < -0.3 is 10.4 Å². The topological polar surface area (TPSA) is 62.2 Å². The van der Waals surface area contributed by atoms with Crippen molar-refractivity contribution in [2.45, 2.75) is 18.3 Å². The molecular formula is C20H17ClN2O2S. The number of hydrogen-bond acceptors (Lipinski definition) is 4. The molecule has 1 fully saturated rings. The van der Waals surface area contributed by atoms with Crippen LogP contribution in [0.5, 0.6) is 0 Å². The predicted octanol–water partition coefficient (Wildman–Crippen LogP) is 5.29. The number of carbonyl (C=O) groups is 1. The zero-order valence-corrected chi connectivity index (χ0v) is 15.7. The van der Waals surface area contributed by atoms with Crippen molar-refractivity contribution in [1.82, 2.24) is 4.37 Å². The van der Waals surface area contributed by atoms with Gasteiger partial charge in [-0.25, -0.2) is 0 Å². The number of aromatic nitrogens is 1. The fourth-order valence-corrected chi connectivity index (χ4v) is 4.37. The summed E-state index contributed by atoms with van der Waals surface area (Å²) in [5.41, 5.74) is 4.29. The lowest BCUT2D eigenvalue weighted by atomic mass is 9.93. The Hall–Kier alpha value is -2.37. The molecule has 0 amide bonds. The van der Waals surface area contributed by atoms with Crippen molar-refractivity contribution in [3.63, 3.8) is 0 Å². The number of nitrogens with one attached hydrogen (secondary N) is 1. The third-order valence-corrected chi connectivity index (χ3v) is 6.25. The SMILES string of the molecule is CNc1c(Cl)nsc1-c1ccc(-c2ccc(C3(C(=O)O)CC3)cc2)cc1. The van der Waals surface area contributed by atoms with Crippen LogP contribution in [0, 0.1) is 0 Å². The number of rotatable bonds is 5. The van der Waals surface area contributed by atoms with Crippen LogP contribution in [0.15, 0.2) is 48.5 Å². The van der Waals surface area contributed by atoms with E-state index in [0.717, 1.165) is 45.7 Å². The summed E-state index contributed by atoms with van der Waals surface area (Å²) in [5.74, 6) is -0.724. The molecule has 6 heteroatoms. The second-order valence-electron chi connectivity index (χ2n) is 6.47. The number of aliphatic carboxylic acids is 1. The molecule has 132 valence electrons. The minimum atomic E-state index is -0.724. The first-order valence-electron chi connectivity index (χ1n) is 8.33. The molecule has 1 heterocycles. The third kappa shape index (κ3) is 2.77. The first kappa shape index (κ1) is 17.1. The molecule has 4 nitrogen and oxygen atoms in total. The summed E-state index contributed by atoms with van der Waals surface area (Å²) < 4.78 is 4.19. The second kappa shape index (κ2) is 6.41. The maximum absolute atomic E-state index is 11.4. The molecule has 1 aliphatic rings. The number of hydrogen-bond donors (Lipinski definition) is 2. The lowest BCUT2D eigenvalue weighted by Gasteiger charge is -2.11. The molecule has 4 rings (SSSR count). The maximum atomic E-state index is 11.4. The number of nitrogens with zero attached hydrogens (tertiary/aromatic N) is 1. The summed E-state index contributed by atoms with van der Waals surface area (Å²) >= 11 is 7.47. The van der Waals surface area contributed by atoms with Crippen molar-refractivity contribution in [2.24, 2.45) is 0 Å². The van der Waals surface area contributed by atoms with Crippen molar-refractivity contribution in [1.29, 1.82) is 0 Å². The van der Waals surface area contributed by atoms with Crippen LogP contribution in [0.3, 0.4) is 0 Å². The number of carboxylic acid groups (broad SMARTS) is 1. The highest BCUT2D eigenvalue weighted by atomic mass is 35.5. The highest BCUT2D eigenvalue weighted by Crippen LogP contribution is 2.48. The predicted molar refractivity (Wildman–Crippen MR) is 106 cm³/mol. The average molecular weight is 385 g/mol. The molecule has 0 radical (unpaired) electrons. The molecule has 0 spiro atoms. The first-order valence-corrected chi connectivity index (χ1v) is 9.48. The fourth-order valence-electron chi connectivity index (χ4n) is 3.23. The quantitative estimate of drug-likeness (QED) is 0.627. The van der Waals surface area contributed by atoms with Crippen LogP contribution in [0.4, 0.5) is 5.69 Å². The standard InChI is InChI=1S/C20H17ClN2O2S/c1-22-16-17(26-23-18(16)21)14-4-2-12(3-5-14)13-6-8-15(9-7-13)20(10-11-20)19(24)25/h2-9,22H,10-11H2,1H3,(H,24,25). The zero-order valence-electron chi connectivity index (χ0n) is 14.1. The van der Waals surface area contributed by atoms with Gasteiger partial charge in [-0.2, -0.15) is 4.37 Å². The Labute approximate surface area is 160 Å². The molecule has 26 heavy (non-hydrogen) atoms. The monoisotopic (exact) mass is 384 g/mol. The first-order chi connectivity index (χ1) is 12.5. The van der Waals surface area contributed by atoms with E-state index in [2.05, 4.69) is 21.8 Å². The van der Waals surface area contributed by atoms with Gasteiger partial charge in [-0.05, 0) is 46.6 Å². The van der Waals surface area contributed by atoms with E-state index in [9.17, 15) is 9.90 Å². The van der Waals surface area contributed by atoms with Gasteiger partial charge in [0.25, 0.3) is 0 Å². The van der Waals surface area contributed by atoms with Gasteiger partial charge in [0, 0.05) is 7.05 Å². The molecule has 0 unspecified atom stereocenters. The van der Waals surface area contributed by atoms with Crippen LogP contribution in [0.1, 0.15) is 18.4 Å². The van der Waals surface area contributed by atoms with Crippen LogP contribution >= 0.6 is 23.1 Å². The van der Waals surface area contributed by atoms with E-state index in [1.54, 1.807) is 0 Å². The van der Waals surface area contributed by atoms with Crippen molar-refractivity contribution >= 4 is 34.8 Å². The van der Waals surface area contributed by atoms with Gasteiger partial charge >= 0.3 is 5.97 Å². The van der Waals surface area contributed by atoms with E-state index in [-0.39, 0.29) is 0 Å². The maximum Gasteiger partial charge on any atom is 0.314 e. The Morgan fingerprint density at radius 2 is 1.62 bits per heavy atom. The molecule has 0 bridgehead atoms. The summed E-state index contributed by atoms with van der Waals surface area (Å²) in [7, 11) is 1.83. The van der Waals surface area contributed by atoms with E-state index in [1.807, 2.05) is 43.4 Å². The lowest BCUT2D eigenvalue weighted by Crippen LogP contribution is -2.19. The molecule has 0 saturated heterocycles. The Balaban J connectivity index is 1.60. The molecule has 0 aliphatic heterocycles. The van der Waals surface area contributed by atoms with Gasteiger partial charge in [-0.1, -0.05) is 60.1 Å². The molecule has 3 aromatic rings. The highest BCUT2D eigenvalue weighted by Gasteiger charge is 2.51. The van der Waals surface area contributed by atoms with Gasteiger partial charge in [0.1, 0.15) is 0 Å². The van der Waals surface area contributed by atoms with Crippen molar-refractivity contribution < 1.29 is 9.90 Å². The van der Waals surface area contributed by atoms with Crippen LogP contribution < -0.4 is 5.32 Å². The highest BCUT2D eigenvalue weighted by molar-refractivity contribution is 7.10. The Kier molecular flexibility index (Phi) is 4.21. The summed E-state index contributed by atoms with van der Waals surface area (Å²) in [5, 5.41) is 13.0. The summed E-state index contributed by atoms with van der Waals surface area (Å²) in [6.07, 6.45) is 1.45. The van der Waals surface area contributed by atoms with Crippen LogP contribution in [-0.2, 0) is 10.2 Å². The minimum absolute atomic E-state index is 0.486. The Morgan fingerprint density at radius 3 is 2.12 bits per heavy atom. The zero-order chi connectivity index (χ0) is 18.3. The molecule has 1 aromatic heterocycles. The van der Waals surface area contributed by atoms with Crippen LogP contribution in [-0.4, -0.2) is 22.5 Å². The van der Waals surface area contributed by atoms with Crippen molar-refractivity contribution in [2.75, 3.05) is 12.4 Å². The van der Waals surface area contributed by atoms with Crippen LogP contribution in [0.25, 0.3) is 21.6 Å². The smallest absolute Gasteiger partial charge is 0.314 e. The number of anilines is 1. The fraction of sp³-hybridized carbons (Fsp3) is 0.200.